The smallest absolute Gasteiger partial charge is 0.277 e. The summed E-state index contributed by atoms with van der Waals surface area (Å²) < 4.78 is 5.47. The van der Waals surface area contributed by atoms with Crippen LogP contribution in [0.2, 0.25) is 5.02 Å². The molecule has 0 aliphatic carbocycles. The number of carbonyl (C=O) groups is 2. The molecule has 0 saturated heterocycles. The van der Waals surface area contributed by atoms with Crippen LogP contribution in [0.1, 0.15) is 21.5 Å². The van der Waals surface area contributed by atoms with Crippen LogP contribution in [-0.4, -0.2) is 29.7 Å². The molecule has 7 nitrogen and oxygen atoms in total. The van der Waals surface area contributed by atoms with E-state index in [-0.39, 0.29) is 18.3 Å². The van der Waals surface area contributed by atoms with E-state index in [2.05, 4.69) is 15.8 Å². The van der Waals surface area contributed by atoms with Crippen molar-refractivity contribution in [2.45, 2.75) is 6.92 Å². The van der Waals surface area contributed by atoms with Gasteiger partial charge in [-0.2, -0.15) is 5.10 Å². The van der Waals surface area contributed by atoms with Gasteiger partial charge in [-0.25, -0.2) is 5.43 Å². The molecule has 2 amide bonds. The van der Waals surface area contributed by atoms with Crippen molar-refractivity contribution < 1.29 is 19.4 Å². The van der Waals surface area contributed by atoms with Gasteiger partial charge in [0.05, 0.1) is 6.21 Å². The minimum atomic E-state index is -0.473. The molecule has 0 fully saturated rings. The maximum absolute atomic E-state index is 12.5. The summed E-state index contributed by atoms with van der Waals surface area (Å²) in [6.45, 7) is 1.56. The molecular formula is C27H22ClN3O4. The summed E-state index contributed by atoms with van der Waals surface area (Å²) in [6.07, 6.45) is 1.39. The second-order valence-electron chi connectivity index (χ2n) is 7.69. The van der Waals surface area contributed by atoms with Gasteiger partial charge in [-0.05, 0) is 65.7 Å². The monoisotopic (exact) mass is 487 g/mol. The average molecular weight is 488 g/mol. The van der Waals surface area contributed by atoms with Crippen LogP contribution in [0.3, 0.4) is 0 Å². The van der Waals surface area contributed by atoms with E-state index in [1.54, 1.807) is 48.5 Å². The zero-order valence-electron chi connectivity index (χ0n) is 18.8. The fourth-order valence-corrected chi connectivity index (χ4v) is 3.58. The SMILES string of the molecule is Cc1c(Cl)cccc1NC(=O)c1ccc(OCC(=O)N/N=C\c2c(O)ccc3ccccc23)cc1. The summed E-state index contributed by atoms with van der Waals surface area (Å²) in [4.78, 5) is 24.6. The average Bonchev–Trinajstić information content (AvgIpc) is 2.87. The Morgan fingerprint density at radius 1 is 1.00 bits per heavy atom. The van der Waals surface area contributed by atoms with Crippen molar-refractivity contribution in [1.82, 2.24) is 5.43 Å². The summed E-state index contributed by atoms with van der Waals surface area (Å²) in [7, 11) is 0. The van der Waals surface area contributed by atoms with E-state index < -0.39 is 5.91 Å². The van der Waals surface area contributed by atoms with E-state index in [4.69, 9.17) is 16.3 Å². The fraction of sp³-hybridized carbons (Fsp3) is 0.0741. The van der Waals surface area contributed by atoms with Crippen LogP contribution >= 0.6 is 11.6 Å². The van der Waals surface area contributed by atoms with Gasteiger partial charge in [0.15, 0.2) is 6.61 Å². The Bertz CT molecular complexity index is 1420. The quantitative estimate of drug-likeness (QED) is 0.243. The van der Waals surface area contributed by atoms with Crippen LogP contribution in [0.25, 0.3) is 10.8 Å². The van der Waals surface area contributed by atoms with Crippen LogP contribution in [0.4, 0.5) is 5.69 Å². The van der Waals surface area contributed by atoms with Gasteiger partial charge in [0.1, 0.15) is 11.5 Å². The van der Waals surface area contributed by atoms with Crippen LogP contribution in [0, 0.1) is 6.92 Å². The van der Waals surface area contributed by atoms with Crippen molar-refractivity contribution in [2.24, 2.45) is 5.10 Å². The molecule has 4 aromatic carbocycles. The van der Waals surface area contributed by atoms with Crippen molar-refractivity contribution in [2.75, 3.05) is 11.9 Å². The highest BCUT2D eigenvalue weighted by Crippen LogP contribution is 2.25. The maximum atomic E-state index is 12.5. The minimum Gasteiger partial charge on any atom is -0.507 e. The number of anilines is 1. The van der Waals surface area contributed by atoms with Gasteiger partial charge < -0.3 is 15.2 Å². The number of fused-ring (bicyclic) bond motifs is 1. The molecule has 3 N–H and O–H groups in total. The van der Waals surface area contributed by atoms with Gasteiger partial charge >= 0.3 is 0 Å². The lowest BCUT2D eigenvalue weighted by molar-refractivity contribution is -0.123. The summed E-state index contributed by atoms with van der Waals surface area (Å²) in [5.41, 5.74) is 4.74. The van der Waals surface area contributed by atoms with E-state index >= 15 is 0 Å². The first-order valence-electron chi connectivity index (χ1n) is 10.7. The van der Waals surface area contributed by atoms with Gasteiger partial charge in [-0.1, -0.05) is 48.0 Å². The second-order valence-corrected chi connectivity index (χ2v) is 8.10. The number of phenolic OH excluding ortho intramolecular Hbond substituents is 1. The molecule has 0 spiro atoms. The zero-order chi connectivity index (χ0) is 24.8. The lowest BCUT2D eigenvalue weighted by Gasteiger charge is -2.10. The predicted molar refractivity (Wildman–Crippen MR) is 137 cm³/mol. The number of aromatic hydroxyl groups is 1. The molecule has 0 unspecified atom stereocenters. The molecule has 0 atom stereocenters. The molecule has 0 aliphatic heterocycles. The molecule has 4 aromatic rings. The Labute approximate surface area is 207 Å². The molecule has 176 valence electrons. The molecule has 0 heterocycles. The number of carbonyl (C=O) groups excluding carboxylic acids is 2. The third-order valence-corrected chi connectivity index (χ3v) is 5.74. The molecule has 35 heavy (non-hydrogen) atoms. The molecule has 4 rings (SSSR count). The van der Waals surface area contributed by atoms with E-state index in [1.165, 1.54) is 6.21 Å². The summed E-state index contributed by atoms with van der Waals surface area (Å²) >= 11 is 6.10. The zero-order valence-corrected chi connectivity index (χ0v) is 19.5. The third kappa shape index (κ3) is 5.77. The van der Waals surface area contributed by atoms with Crippen molar-refractivity contribution in [3.8, 4) is 11.5 Å². The summed E-state index contributed by atoms with van der Waals surface area (Å²) in [6, 6.07) is 22.6. The van der Waals surface area contributed by atoms with Crippen molar-refractivity contribution >= 4 is 46.1 Å². The maximum Gasteiger partial charge on any atom is 0.277 e. The van der Waals surface area contributed by atoms with Gasteiger partial charge in [-0.15, -0.1) is 0 Å². The Hall–Kier alpha value is -4.36. The number of phenols is 1. The first kappa shape index (κ1) is 23.8. The second kappa shape index (κ2) is 10.7. The highest BCUT2D eigenvalue weighted by atomic mass is 35.5. The minimum absolute atomic E-state index is 0.0626. The number of amides is 2. The van der Waals surface area contributed by atoms with Crippen LogP contribution < -0.4 is 15.5 Å². The lowest BCUT2D eigenvalue weighted by Crippen LogP contribution is -2.24. The highest BCUT2D eigenvalue weighted by molar-refractivity contribution is 6.31. The lowest BCUT2D eigenvalue weighted by atomic mass is 10.0. The highest BCUT2D eigenvalue weighted by Gasteiger charge is 2.10. The first-order valence-corrected chi connectivity index (χ1v) is 11.1. The Morgan fingerprint density at radius 2 is 1.77 bits per heavy atom. The van der Waals surface area contributed by atoms with E-state index in [0.717, 1.165) is 16.3 Å². The number of nitrogens with one attached hydrogen (secondary N) is 2. The largest absolute Gasteiger partial charge is 0.507 e. The Balaban J connectivity index is 1.31. The van der Waals surface area contributed by atoms with E-state index in [1.807, 2.05) is 37.3 Å². The number of nitrogens with zero attached hydrogens (tertiary/aromatic N) is 1. The molecule has 0 bridgehead atoms. The first-order chi connectivity index (χ1) is 16.9. The molecule has 0 aromatic heterocycles. The third-order valence-electron chi connectivity index (χ3n) is 5.33. The van der Waals surface area contributed by atoms with Gasteiger partial charge in [0, 0.05) is 21.8 Å². The van der Waals surface area contributed by atoms with Gasteiger partial charge in [-0.3, -0.25) is 9.59 Å². The topological polar surface area (TPSA) is 100 Å². The van der Waals surface area contributed by atoms with Crippen molar-refractivity contribution in [3.05, 3.63) is 101 Å². The Kier molecular flexibility index (Phi) is 7.28. The van der Waals surface area contributed by atoms with E-state index in [9.17, 15) is 14.7 Å². The fourth-order valence-electron chi connectivity index (χ4n) is 3.41. The number of ether oxygens (including phenoxy) is 1. The van der Waals surface area contributed by atoms with Crippen LogP contribution in [-0.2, 0) is 4.79 Å². The number of benzene rings is 4. The molecule has 0 saturated carbocycles. The number of rotatable bonds is 7. The number of hydrogen-bond donors (Lipinski definition) is 3. The summed E-state index contributed by atoms with van der Waals surface area (Å²) in [5, 5.41) is 19.2. The van der Waals surface area contributed by atoms with E-state index in [0.29, 0.717) is 27.6 Å². The number of hydrazone groups is 1. The molecule has 0 aliphatic rings. The molecular weight excluding hydrogens is 466 g/mol. The van der Waals surface area contributed by atoms with Crippen LogP contribution in [0.5, 0.6) is 11.5 Å². The Morgan fingerprint density at radius 3 is 2.57 bits per heavy atom. The molecule has 8 heteroatoms. The number of hydrogen-bond acceptors (Lipinski definition) is 5. The number of halogens is 1. The van der Waals surface area contributed by atoms with Crippen LogP contribution in [0.15, 0.2) is 84.0 Å². The predicted octanol–water partition coefficient (Wildman–Crippen LogP) is 5.29. The normalized spacial score (nSPS) is 10.9. The van der Waals surface area contributed by atoms with Crippen molar-refractivity contribution in [3.63, 3.8) is 0 Å². The summed E-state index contributed by atoms with van der Waals surface area (Å²) in [5.74, 6) is -0.274. The molecule has 0 radical (unpaired) electrons. The van der Waals surface area contributed by atoms with Crippen molar-refractivity contribution in [1.29, 1.82) is 0 Å². The van der Waals surface area contributed by atoms with Gasteiger partial charge in [0.25, 0.3) is 11.8 Å². The van der Waals surface area contributed by atoms with Gasteiger partial charge in [0.2, 0.25) is 0 Å². The standard InChI is InChI=1S/C27H22ClN3O4/c1-17-23(28)7-4-8-24(17)30-27(34)19-9-12-20(13-10-19)35-16-26(33)31-29-15-22-21-6-3-2-5-18(21)11-14-25(22)32/h2-15,32H,16H2,1H3,(H,30,34)(H,31,33)/b29-15-.